The number of pyridine rings is 1. The number of nitrogens with zero attached hydrogens (tertiary/aromatic N) is 3. The van der Waals surface area contributed by atoms with E-state index in [9.17, 15) is 16.5 Å². The van der Waals surface area contributed by atoms with E-state index in [1.165, 1.54) is 24.3 Å². The second-order valence-corrected chi connectivity index (χ2v) is 9.63. The van der Waals surface area contributed by atoms with Crippen LogP contribution in [0.25, 0.3) is 10.9 Å². The van der Waals surface area contributed by atoms with Crippen molar-refractivity contribution in [1.29, 1.82) is 0 Å². The number of halogens is 3. The molecule has 0 bridgehead atoms. The highest BCUT2D eigenvalue weighted by Crippen LogP contribution is 2.52. The Hall–Kier alpha value is -3.18. The lowest BCUT2D eigenvalue weighted by atomic mass is 10.1. The number of aryl methyl sites for hydroxylation is 1. The van der Waals surface area contributed by atoms with E-state index in [1.54, 1.807) is 6.07 Å². The number of hydrogen-bond donors (Lipinski definition) is 1. The number of carbonyl (C=O) groups is 1. The normalized spacial score (nSPS) is 15.2. The number of amides is 1. The number of likely N-dealkylation sites (N-methyl/N-ethyl adjacent to an activating group) is 1. The monoisotopic (exact) mass is 508 g/mol. The van der Waals surface area contributed by atoms with Crippen molar-refractivity contribution in [3.05, 3.63) is 54.1 Å². The van der Waals surface area contributed by atoms with Gasteiger partial charge in [0.2, 0.25) is 11.2 Å². The fourth-order valence-corrected chi connectivity index (χ4v) is 4.03. The summed E-state index contributed by atoms with van der Waals surface area (Å²) in [6.45, 7) is 5.66. The van der Waals surface area contributed by atoms with Gasteiger partial charge in [-0.2, -0.15) is 0 Å². The molecule has 3 aromatic rings. The van der Waals surface area contributed by atoms with Crippen molar-refractivity contribution in [1.82, 2.24) is 9.88 Å². The Morgan fingerprint density at radius 2 is 1.66 bits per heavy atom. The van der Waals surface area contributed by atoms with Crippen LogP contribution in [0.4, 0.5) is 23.2 Å². The van der Waals surface area contributed by atoms with E-state index >= 15 is 0 Å². The van der Waals surface area contributed by atoms with Crippen LogP contribution in [0.1, 0.15) is 5.56 Å². The average Bonchev–Trinajstić information content (AvgIpc) is 2.82. The van der Waals surface area contributed by atoms with Crippen molar-refractivity contribution < 1.29 is 25.9 Å². The van der Waals surface area contributed by atoms with Crippen molar-refractivity contribution >= 4 is 39.5 Å². The van der Waals surface area contributed by atoms with E-state index in [4.69, 9.17) is 9.72 Å². The van der Waals surface area contributed by atoms with E-state index in [0.717, 1.165) is 48.5 Å². The summed E-state index contributed by atoms with van der Waals surface area (Å²) in [5.41, 5.74) is 2.56. The summed E-state index contributed by atoms with van der Waals surface area (Å²) in [5, 5.41) is 3.76. The molecule has 0 radical (unpaired) electrons. The molecule has 0 aliphatic carbocycles. The zero-order valence-corrected chi connectivity index (χ0v) is 20.3. The van der Waals surface area contributed by atoms with Gasteiger partial charge in [-0.3, -0.25) is 4.79 Å². The predicted molar refractivity (Wildman–Crippen MR) is 133 cm³/mol. The van der Waals surface area contributed by atoms with Crippen LogP contribution in [-0.2, 0) is 4.79 Å². The minimum atomic E-state index is -5.22. The van der Waals surface area contributed by atoms with Crippen molar-refractivity contribution in [3.63, 3.8) is 0 Å². The summed E-state index contributed by atoms with van der Waals surface area (Å²) >= 11 is -5.22. The molecule has 1 amide bonds. The number of ether oxygens (including phenoxy) is 2. The lowest BCUT2D eigenvalue weighted by Crippen LogP contribution is -2.44. The summed E-state index contributed by atoms with van der Waals surface area (Å²) in [6, 6.07) is 13.3. The van der Waals surface area contributed by atoms with Crippen LogP contribution in [0.5, 0.6) is 11.5 Å². The SMILES string of the molecule is Cc1cc(N2CCN(C)CC2)nc2ccc(NC(=O)COc3ccc(OCS(F)(F)F)cc3)cc12. The number of aromatic nitrogens is 1. The molecule has 0 unspecified atom stereocenters. The van der Waals surface area contributed by atoms with Gasteiger partial charge in [0, 0.05) is 37.3 Å². The molecular weight excluding hydrogens is 481 g/mol. The first-order chi connectivity index (χ1) is 16.7. The van der Waals surface area contributed by atoms with Gasteiger partial charge >= 0.3 is 0 Å². The molecule has 1 aliphatic heterocycles. The standard InChI is InChI=1S/C24H27F3N4O3S/c1-17-13-23(31-11-9-30(2)10-12-31)29-22-8-3-18(14-21(17)22)28-24(32)15-33-19-4-6-20(7-5-19)34-16-35(25,26)27/h3-8,13-14H,9-12,15-16H2,1-2H3,(H,28,32). The van der Waals surface area contributed by atoms with Gasteiger partial charge < -0.3 is 24.6 Å². The van der Waals surface area contributed by atoms with Crippen LogP contribution in [0.2, 0.25) is 0 Å². The Morgan fingerprint density at radius 3 is 2.31 bits per heavy atom. The summed E-state index contributed by atoms with van der Waals surface area (Å²) in [7, 11) is 2.12. The molecule has 4 rings (SSSR count). The molecule has 1 aliphatic rings. The minimum Gasteiger partial charge on any atom is -0.484 e. The third kappa shape index (κ3) is 6.92. The molecule has 1 aromatic heterocycles. The van der Waals surface area contributed by atoms with Crippen molar-refractivity contribution in [2.24, 2.45) is 0 Å². The van der Waals surface area contributed by atoms with Crippen molar-refractivity contribution in [2.45, 2.75) is 6.92 Å². The third-order valence-corrected chi connectivity index (χ3v) is 6.05. The van der Waals surface area contributed by atoms with Crippen molar-refractivity contribution in [2.75, 3.05) is 56.0 Å². The van der Waals surface area contributed by atoms with Crippen LogP contribution in [0, 0.1) is 6.92 Å². The lowest BCUT2D eigenvalue weighted by Gasteiger charge is -2.33. The van der Waals surface area contributed by atoms with Gasteiger partial charge in [-0.15, -0.1) is 11.7 Å². The molecule has 35 heavy (non-hydrogen) atoms. The van der Waals surface area contributed by atoms with Gasteiger partial charge in [-0.05, 0) is 68.1 Å². The first-order valence-corrected chi connectivity index (χ1v) is 12.6. The van der Waals surface area contributed by atoms with Gasteiger partial charge in [0.25, 0.3) is 5.91 Å². The molecule has 2 aromatic carbocycles. The Labute approximate surface area is 204 Å². The second-order valence-electron chi connectivity index (χ2n) is 8.39. The Morgan fingerprint density at radius 1 is 1.00 bits per heavy atom. The second kappa shape index (κ2) is 10.6. The molecule has 188 valence electrons. The minimum absolute atomic E-state index is 0.0857. The molecule has 2 heterocycles. The van der Waals surface area contributed by atoms with Gasteiger partial charge in [0.15, 0.2) is 12.5 Å². The number of rotatable bonds is 8. The first-order valence-electron chi connectivity index (χ1n) is 11.1. The predicted octanol–water partition coefficient (Wildman–Crippen LogP) is 5.11. The largest absolute Gasteiger partial charge is 0.484 e. The number of fused-ring (bicyclic) bond motifs is 1. The van der Waals surface area contributed by atoms with E-state index < -0.39 is 17.1 Å². The number of piperazine rings is 1. The highest BCUT2D eigenvalue weighted by molar-refractivity contribution is 8.20. The molecule has 0 saturated carbocycles. The Balaban J connectivity index is 1.34. The maximum atomic E-state index is 12.4. The van der Waals surface area contributed by atoms with Crippen LogP contribution < -0.4 is 19.7 Å². The summed E-state index contributed by atoms with van der Waals surface area (Å²) in [6.07, 6.45) is 0. The molecule has 1 saturated heterocycles. The highest BCUT2D eigenvalue weighted by atomic mass is 32.3. The van der Waals surface area contributed by atoms with Crippen LogP contribution in [0.3, 0.4) is 0 Å². The number of anilines is 2. The molecular formula is C24H27F3N4O3S. The van der Waals surface area contributed by atoms with E-state index in [1.807, 2.05) is 19.1 Å². The van der Waals surface area contributed by atoms with Gasteiger partial charge in [0.05, 0.1) is 5.52 Å². The smallest absolute Gasteiger partial charge is 0.262 e. The van der Waals surface area contributed by atoms with Crippen LogP contribution in [0.15, 0.2) is 48.5 Å². The fourth-order valence-electron chi connectivity index (χ4n) is 3.76. The molecule has 1 fully saturated rings. The zero-order valence-electron chi connectivity index (χ0n) is 19.5. The highest BCUT2D eigenvalue weighted by Gasteiger charge is 2.21. The van der Waals surface area contributed by atoms with Crippen LogP contribution in [-0.4, -0.2) is 61.6 Å². The van der Waals surface area contributed by atoms with Gasteiger partial charge in [0.1, 0.15) is 17.3 Å². The molecule has 7 nitrogen and oxygen atoms in total. The summed E-state index contributed by atoms with van der Waals surface area (Å²) < 4.78 is 47.0. The maximum absolute atomic E-state index is 12.4. The Kier molecular flexibility index (Phi) is 7.56. The van der Waals surface area contributed by atoms with E-state index in [0.29, 0.717) is 11.4 Å². The molecule has 0 spiro atoms. The number of hydrogen-bond acceptors (Lipinski definition) is 6. The average molecular weight is 509 g/mol. The van der Waals surface area contributed by atoms with E-state index in [-0.39, 0.29) is 18.3 Å². The summed E-state index contributed by atoms with van der Waals surface area (Å²) in [4.78, 5) is 21.8. The topological polar surface area (TPSA) is 66.9 Å². The first kappa shape index (κ1) is 24.9. The van der Waals surface area contributed by atoms with Gasteiger partial charge in [-0.1, -0.05) is 0 Å². The molecule has 0 atom stereocenters. The van der Waals surface area contributed by atoms with Crippen molar-refractivity contribution in [3.8, 4) is 11.5 Å². The maximum Gasteiger partial charge on any atom is 0.262 e. The Bertz CT molecular complexity index is 1180. The fraction of sp³-hybridized carbons (Fsp3) is 0.333. The third-order valence-electron chi connectivity index (χ3n) is 5.67. The quantitative estimate of drug-likeness (QED) is 0.456. The lowest BCUT2D eigenvalue weighted by molar-refractivity contribution is -0.118. The number of carbonyl (C=O) groups excluding carboxylic acids is 1. The molecule has 11 heteroatoms. The zero-order chi connectivity index (χ0) is 25.0. The molecule has 1 N–H and O–H groups in total. The number of benzene rings is 2. The van der Waals surface area contributed by atoms with E-state index in [2.05, 4.69) is 33.0 Å². The summed E-state index contributed by atoms with van der Waals surface area (Å²) in [5.74, 6) is -0.244. The number of nitrogens with one attached hydrogen (secondary N) is 1. The van der Waals surface area contributed by atoms with Gasteiger partial charge in [-0.25, -0.2) is 4.98 Å². The van der Waals surface area contributed by atoms with Crippen LogP contribution >= 0.6 is 11.2 Å².